The molecule has 0 radical (unpaired) electrons. The molecule has 2 rings (SSSR count). The third-order valence-electron chi connectivity index (χ3n) is 3.06. The lowest BCUT2D eigenvalue weighted by Crippen LogP contribution is -2.10. The topological polar surface area (TPSA) is 26.3 Å². The predicted molar refractivity (Wildman–Crippen MR) is 68.4 cm³/mol. The molecule has 1 heterocycles. The SMILES string of the molecule is O=C(CCC1CCCO1)Cc1cccc(Cl)c1. The summed E-state index contributed by atoms with van der Waals surface area (Å²) in [6.45, 7) is 0.854. The minimum Gasteiger partial charge on any atom is -0.378 e. The van der Waals surface area contributed by atoms with E-state index in [0.29, 0.717) is 24.0 Å². The molecule has 0 bridgehead atoms. The molecule has 1 aliphatic heterocycles. The van der Waals surface area contributed by atoms with Crippen molar-refractivity contribution in [3.05, 3.63) is 34.9 Å². The zero-order chi connectivity index (χ0) is 12.1. The van der Waals surface area contributed by atoms with E-state index < -0.39 is 0 Å². The molecule has 0 spiro atoms. The van der Waals surface area contributed by atoms with E-state index in [1.807, 2.05) is 24.3 Å². The molecule has 1 saturated heterocycles. The fourth-order valence-electron chi connectivity index (χ4n) is 2.16. The monoisotopic (exact) mass is 252 g/mol. The van der Waals surface area contributed by atoms with Crippen LogP contribution in [0.15, 0.2) is 24.3 Å². The van der Waals surface area contributed by atoms with Crippen molar-refractivity contribution in [2.24, 2.45) is 0 Å². The summed E-state index contributed by atoms with van der Waals surface area (Å²) >= 11 is 5.88. The normalized spacial score (nSPS) is 19.5. The van der Waals surface area contributed by atoms with Gasteiger partial charge in [0.25, 0.3) is 0 Å². The van der Waals surface area contributed by atoms with Crippen LogP contribution in [0.5, 0.6) is 0 Å². The first-order valence-electron chi connectivity index (χ1n) is 6.12. The zero-order valence-corrected chi connectivity index (χ0v) is 10.6. The van der Waals surface area contributed by atoms with Crippen LogP contribution in [-0.4, -0.2) is 18.5 Å². The van der Waals surface area contributed by atoms with Crippen molar-refractivity contribution in [2.75, 3.05) is 6.61 Å². The van der Waals surface area contributed by atoms with E-state index in [0.717, 1.165) is 31.4 Å². The highest BCUT2D eigenvalue weighted by atomic mass is 35.5. The number of ether oxygens (including phenoxy) is 1. The van der Waals surface area contributed by atoms with Crippen LogP contribution in [0.3, 0.4) is 0 Å². The summed E-state index contributed by atoms with van der Waals surface area (Å²) in [5, 5.41) is 0.689. The second kappa shape index (κ2) is 6.18. The highest BCUT2D eigenvalue weighted by Gasteiger charge is 2.16. The highest BCUT2D eigenvalue weighted by molar-refractivity contribution is 6.30. The van der Waals surface area contributed by atoms with Crippen LogP contribution in [0.1, 0.15) is 31.2 Å². The molecule has 17 heavy (non-hydrogen) atoms. The molecular weight excluding hydrogens is 236 g/mol. The van der Waals surface area contributed by atoms with Crippen molar-refractivity contribution in [3.63, 3.8) is 0 Å². The first kappa shape index (κ1) is 12.6. The van der Waals surface area contributed by atoms with Gasteiger partial charge < -0.3 is 4.74 Å². The third-order valence-corrected chi connectivity index (χ3v) is 3.29. The molecule has 1 aliphatic rings. The Labute approximate surface area is 107 Å². The van der Waals surface area contributed by atoms with Gasteiger partial charge in [-0.2, -0.15) is 0 Å². The molecule has 1 fully saturated rings. The van der Waals surface area contributed by atoms with Crippen LogP contribution < -0.4 is 0 Å². The minimum absolute atomic E-state index is 0.266. The van der Waals surface area contributed by atoms with Gasteiger partial charge in [-0.25, -0.2) is 0 Å². The second-order valence-corrected chi connectivity index (χ2v) is 4.96. The lowest BCUT2D eigenvalue weighted by molar-refractivity contribution is -0.119. The minimum atomic E-state index is 0.266. The van der Waals surface area contributed by atoms with Crippen LogP contribution in [0.2, 0.25) is 5.02 Å². The number of carbonyl (C=O) groups excluding carboxylic acids is 1. The molecule has 3 heteroatoms. The van der Waals surface area contributed by atoms with Crippen molar-refractivity contribution in [2.45, 2.75) is 38.2 Å². The van der Waals surface area contributed by atoms with Gasteiger partial charge in [0.2, 0.25) is 0 Å². The second-order valence-electron chi connectivity index (χ2n) is 4.52. The number of Topliss-reactive ketones (excluding diaryl/α,β-unsaturated/α-hetero) is 1. The molecule has 1 aromatic carbocycles. The van der Waals surface area contributed by atoms with Crippen molar-refractivity contribution < 1.29 is 9.53 Å². The van der Waals surface area contributed by atoms with Gasteiger partial charge in [0.1, 0.15) is 5.78 Å². The number of ketones is 1. The average molecular weight is 253 g/mol. The molecule has 0 saturated carbocycles. The van der Waals surface area contributed by atoms with E-state index in [4.69, 9.17) is 16.3 Å². The molecule has 0 N–H and O–H groups in total. The Kier molecular flexibility index (Phi) is 4.57. The summed E-state index contributed by atoms with van der Waals surface area (Å²) in [6.07, 6.45) is 4.49. The van der Waals surface area contributed by atoms with Gasteiger partial charge in [-0.05, 0) is 37.0 Å². The quantitative estimate of drug-likeness (QED) is 0.803. The Morgan fingerprint density at radius 3 is 3.06 bits per heavy atom. The van der Waals surface area contributed by atoms with Gasteiger partial charge in [-0.1, -0.05) is 23.7 Å². The molecular formula is C14H17ClO2. The maximum atomic E-state index is 11.8. The van der Waals surface area contributed by atoms with Crippen molar-refractivity contribution >= 4 is 17.4 Å². The van der Waals surface area contributed by atoms with Crippen molar-refractivity contribution in [3.8, 4) is 0 Å². The summed E-state index contributed by atoms with van der Waals surface area (Å²) in [5.74, 6) is 0.266. The van der Waals surface area contributed by atoms with E-state index in [9.17, 15) is 4.79 Å². The average Bonchev–Trinajstić information content (AvgIpc) is 2.79. The van der Waals surface area contributed by atoms with Crippen LogP contribution in [0.25, 0.3) is 0 Å². The van der Waals surface area contributed by atoms with Crippen LogP contribution in [0, 0.1) is 0 Å². The van der Waals surface area contributed by atoms with E-state index >= 15 is 0 Å². The molecule has 1 atom stereocenters. The van der Waals surface area contributed by atoms with Crippen molar-refractivity contribution in [1.82, 2.24) is 0 Å². The number of carbonyl (C=O) groups is 1. The summed E-state index contributed by atoms with van der Waals surface area (Å²) in [4.78, 5) is 11.8. The smallest absolute Gasteiger partial charge is 0.137 e. The Balaban J connectivity index is 1.76. The van der Waals surface area contributed by atoms with E-state index in [-0.39, 0.29) is 5.78 Å². The van der Waals surface area contributed by atoms with Gasteiger partial charge in [0, 0.05) is 24.5 Å². The molecule has 1 unspecified atom stereocenters. The number of rotatable bonds is 5. The fraction of sp³-hybridized carbons (Fsp3) is 0.500. The zero-order valence-electron chi connectivity index (χ0n) is 9.82. The van der Waals surface area contributed by atoms with Gasteiger partial charge in [0.05, 0.1) is 6.10 Å². The highest BCUT2D eigenvalue weighted by Crippen LogP contribution is 2.18. The summed E-state index contributed by atoms with van der Waals surface area (Å²) in [6, 6.07) is 7.49. The molecule has 2 nitrogen and oxygen atoms in total. The first-order chi connectivity index (χ1) is 8.24. The third kappa shape index (κ3) is 4.14. The maximum Gasteiger partial charge on any atom is 0.137 e. The summed E-state index contributed by atoms with van der Waals surface area (Å²) < 4.78 is 5.50. The van der Waals surface area contributed by atoms with E-state index in [1.165, 1.54) is 0 Å². The standard InChI is InChI=1S/C14H17ClO2/c15-12-4-1-3-11(9-12)10-13(16)6-7-14-5-2-8-17-14/h1,3-4,9,14H,2,5-8,10H2. The molecule has 92 valence electrons. The summed E-state index contributed by atoms with van der Waals surface area (Å²) in [7, 11) is 0. The Bertz CT molecular complexity index is 384. The molecule has 0 aliphatic carbocycles. The number of halogens is 1. The lowest BCUT2D eigenvalue weighted by atomic mass is 10.0. The van der Waals surface area contributed by atoms with Gasteiger partial charge >= 0.3 is 0 Å². The van der Waals surface area contributed by atoms with Gasteiger partial charge in [-0.3, -0.25) is 4.79 Å². The van der Waals surface area contributed by atoms with Crippen molar-refractivity contribution in [1.29, 1.82) is 0 Å². The summed E-state index contributed by atoms with van der Waals surface area (Å²) in [5.41, 5.74) is 0.995. The first-order valence-corrected chi connectivity index (χ1v) is 6.49. The molecule has 0 amide bonds. The predicted octanol–water partition coefficient (Wildman–Crippen LogP) is 3.41. The lowest BCUT2D eigenvalue weighted by Gasteiger charge is -2.08. The van der Waals surface area contributed by atoms with Crippen LogP contribution in [-0.2, 0) is 16.0 Å². The Morgan fingerprint density at radius 2 is 2.35 bits per heavy atom. The molecule has 0 aromatic heterocycles. The maximum absolute atomic E-state index is 11.8. The van der Waals surface area contributed by atoms with Gasteiger partial charge in [-0.15, -0.1) is 0 Å². The Morgan fingerprint density at radius 1 is 1.47 bits per heavy atom. The van der Waals surface area contributed by atoms with Gasteiger partial charge in [0.15, 0.2) is 0 Å². The fourth-order valence-corrected chi connectivity index (χ4v) is 2.37. The number of benzene rings is 1. The largest absolute Gasteiger partial charge is 0.378 e. The number of hydrogen-bond acceptors (Lipinski definition) is 2. The van der Waals surface area contributed by atoms with E-state index in [2.05, 4.69) is 0 Å². The molecule has 1 aromatic rings. The van der Waals surface area contributed by atoms with Crippen LogP contribution >= 0.6 is 11.6 Å². The Hall–Kier alpha value is -0.860. The van der Waals surface area contributed by atoms with Crippen LogP contribution in [0.4, 0.5) is 0 Å². The number of hydrogen-bond donors (Lipinski definition) is 0. The van der Waals surface area contributed by atoms with E-state index in [1.54, 1.807) is 0 Å².